The van der Waals surface area contributed by atoms with Crippen LogP contribution >= 0.6 is 0 Å². The number of aromatic nitrogens is 1. The van der Waals surface area contributed by atoms with Gasteiger partial charge in [-0.15, -0.1) is 0 Å². The standard InChI is InChI=1S/C17H24N2/c1-6-10-18-16-12(2)11-13-8-7-9-14(15(13)19-16)17(3,4)5/h7-9,11H,6,10H2,1-5H3,(H,18,19). The Bertz CT molecular complexity index is 580. The molecule has 1 heterocycles. The van der Waals surface area contributed by atoms with E-state index in [1.54, 1.807) is 0 Å². The van der Waals surface area contributed by atoms with Crippen molar-refractivity contribution in [2.24, 2.45) is 0 Å². The van der Waals surface area contributed by atoms with E-state index in [-0.39, 0.29) is 5.41 Å². The highest BCUT2D eigenvalue weighted by molar-refractivity contribution is 5.85. The fourth-order valence-electron chi connectivity index (χ4n) is 2.33. The number of benzene rings is 1. The highest BCUT2D eigenvalue weighted by atomic mass is 15.0. The van der Waals surface area contributed by atoms with Gasteiger partial charge in [0.1, 0.15) is 5.82 Å². The Balaban J connectivity index is 2.60. The lowest BCUT2D eigenvalue weighted by Crippen LogP contribution is -2.13. The van der Waals surface area contributed by atoms with Gasteiger partial charge in [-0.3, -0.25) is 0 Å². The van der Waals surface area contributed by atoms with E-state index in [9.17, 15) is 0 Å². The van der Waals surface area contributed by atoms with Gasteiger partial charge in [-0.25, -0.2) is 4.98 Å². The highest BCUT2D eigenvalue weighted by Gasteiger charge is 2.18. The molecule has 0 saturated heterocycles. The van der Waals surface area contributed by atoms with Crippen molar-refractivity contribution < 1.29 is 0 Å². The molecule has 2 rings (SSSR count). The van der Waals surface area contributed by atoms with Gasteiger partial charge >= 0.3 is 0 Å². The molecule has 0 aliphatic carbocycles. The van der Waals surface area contributed by atoms with Gasteiger partial charge in [0.25, 0.3) is 0 Å². The number of nitrogens with one attached hydrogen (secondary N) is 1. The second-order valence-corrected chi connectivity index (χ2v) is 6.21. The van der Waals surface area contributed by atoms with Crippen LogP contribution < -0.4 is 5.32 Å². The average Bonchev–Trinajstić information content (AvgIpc) is 2.34. The van der Waals surface area contributed by atoms with Gasteiger partial charge in [-0.2, -0.15) is 0 Å². The lowest BCUT2D eigenvalue weighted by molar-refractivity contribution is 0.594. The monoisotopic (exact) mass is 256 g/mol. The van der Waals surface area contributed by atoms with Gasteiger partial charge in [0, 0.05) is 11.9 Å². The van der Waals surface area contributed by atoms with Gasteiger partial charge in [-0.1, -0.05) is 45.9 Å². The summed E-state index contributed by atoms with van der Waals surface area (Å²) < 4.78 is 0. The van der Waals surface area contributed by atoms with E-state index < -0.39 is 0 Å². The van der Waals surface area contributed by atoms with Crippen LogP contribution in [0.2, 0.25) is 0 Å². The fraction of sp³-hybridized carbons (Fsp3) is 0.471. The molecule has 2 nitrogen and oxygen atoms in total. The molecule has 0 aliphatic heterocycles. The molecule has 19 heavy (non-hydrogen) atoms. The molecule has 0 fully saturated rings. The van der Waals surface area contributed by atoms with Crippen LogP contribution in [0.15, 0.2) is 24.3 Å². The molecule has 0 spiro atoms. The van der Waals surface area contributed by atoms with Crippen LogP contribution in [0.1, 0.15) is 45.2 Å². The quantitative estimate of drug-likeness (QED) is 0.863. The largest absolute Gasteiger partial charge is 0.370 e. The van der Waals surface area contributed by atoms with Crippen LogP contribution in [0.25, 0.3) is 10.9 Å². The molecule has 0 amide bonds. The zero-order chi connectivity index (χ0) is 14.0. The maximum Gasteiger partial charge on any atom is 0.129 e. The number of aryl methyl sites for hydroxylation is 1. The lowest BCUT2D eigenvalue weighted by Gasteiger charge is -2.21. The first-order valence-corrected chi connectivity index (χ1v) is 7.08. The molecule has 2 heteroatoms. The van der Waals surface area contributed by atoms with Crippen molar-refractivity contribution in [2.75, 3.05) is 11.9 Å². The lowest BCUT2D eigenvalue weighted by atomic mass is 9.85. The summed E-state index contributed by atoms with van der Waals surface area (Å²) in [6.07, 6.45) is 1.11. The van der Waals surface area contributed by atoms with E-state index in [1.165, 1.54) is 16.5 Å². The summed E-state index contributed by atoms with van der Waals surface area (Å²) in [7, 11) is 0. The molecule has 2 aromatic rings. The van der Waals surface area contributed by atoms with Crippen LogP contribution in [-0.2, 0) is 5.41 Å². The number of hydrogen-bond acceptors (Lipinski definition) is 2. The van der Waals surface area contributed by atoms with Crippen molar-refractivity contribution in [2.45, 2.75) is 46.5 Å². The third kappa shape index (κ3) is 2.89. The van der Waals surface area contributed by atoms with Gasteiger partial charge in [0.15, 0.2) is 0 Å². The molecule has 1 N–H and O–H groups in total. The highest BCUT2D eigenvalue weighted by Crippen LogP contribution is 2.30. The summed E-state index contributed by atoms with van der Waals surface area (Å²) in [5.74, 6) is 1.02. The zero-order valence-electron chi connectivity index (χ0n) is 12.7. The summed E-state index contributed by atoms with van der Waals surface area (Å²) in [6, 6.07) is 8.70. The SMILES string of the molecule is CCCNc1nc2c(C(C)(C)C)cccc2cc1C. The van der Waals surface area contributed by atoms with Gasteiger partial charge < -0.3 is 5.32 Å². The van der Waals surface area contributed by atoms with Crippen molar-refractivity contribution in [3.63, 3.8) is 0 Å². The van der Waals surface area contributed by atoms with Gasteiger partial charge in [0.05, 0.1) is 5.52 Å². The Morgan fingerprint density at radius 3 is 2.58 bits per heavy atom. The smallest absolute Gasteiger partial charge is 0.129 e. The minimum atomic E-state index is 0.115. The Hall–Kier alpha value is -1.57. The minimum absolute atomic E-state index is 0.115. The second kappa shape index (κ2) is 5.20. The number of pyridine rings is 1. The normalized spacial score (nSPS) is 11.8. The molecule has 0 bridgehead atoms. The number of hydrogen-bond donors (Lipinski definition) is 1. The second-order valence-electron chi connectivity index (χ2n) is 6.21. The number of nitrogens with zero attached hydrogens (tertiary/aromatic N) is 1. The Morgan fingerprint density at radius 2 is 1.95 bits per heavy atom. The van der Waals surface area contributed by atoms with Crippen molar-refractivity contribution in [3.8, 4) is 0 Å². The van der Waals surface area contributed by atoms with E-state index in [2.05, 4.69) is 64.2 Å². The molecular weight excluding hydrogens is 232 g/mol. The van der Waals surface area contributed by atoms with Crippen LogP contribution in [0, 0.1) is 6.92 Å². The van der Waals surface area contributed by atoms with E-state index in [0.29, 0.717) is 0 Å². The summed E-state index contributed by atoms with van der Waals surface area (Å²) >= 11 is 0. The maximum absolute atomic E-state index is 4.87. The van der Waals surface area contributed by atoms with Crippen molar-refractivity contribution >= 4 is 16.7 Å². The molecular formula is C17H24N2. The van der Waals surface area contributed by atoms with Crippen molar-refractivity contribution in [1.29, 1.82) is 0 Å². The number of fused-ring (bicyclic) bond motifs is 1. The molecule has 1 aromatic heterocycles. The Labute approximate surface area is 116 Å². The first-order chi connectivity index (χ1) is 8.93. The fourth-order valence-corrected chi connectivity index (χ4v) is 2.33. The minimum Gasteiger partial charge on any atom is -0.370 e. The number of rotatable bonds is 3. The maximum atomic E-state index is 4.87. The number of para-hydroxylation sites is 1. The first kappa shape index (κ1) is 13.9. The van der Waals surface area contributed by atoms with Crippen LogP contribution in [-0.4, -0.2) is 11.5 Å². The Morgan fingerprint density at radius 1 is 1.21 bits per heavy atom. The van der Waals surface area contributed by atoms with Crippen LogP contribution in [0.3, 0.4) is 0 Å². The molecule has 1 aromatic carbocycles. The Kier molecular flexibility index (Phi) is 3.79. The summed E-state index contributed by atoms with van der Waals surface area (Å²) in [6.45, 7) is 12.0. The first-order valence-electron chi connectivity index (χ1n) is 7.08. The molecule has 0 aliphatic rings. The van der Waals surface area contributed by atoms with E-state index in [4.69, 9.17) is 4.98 Å². The summed E-state index contributed by atoms with van der Waals surface area (Å²) in [5.41, 5.74) is 3.76. The third-order valence-electron chi connectivity index (χ3n) is 3.39. The number of anilines is 1. The topological polar surface area (TPSA) is 24.9 Å². The van der Waals surface area contributed by atoms with Crippen molar-refractivity contribution in [1.82, 2.24) is 4.98 Å². The third-order valence-corrected chi connectivity index (χ3v) is 3.39. The van der Waals surface area contributed by atoms with Gasteiger partial charge in [-0.05, 0) is 36.0 Å². The molecule has 0 radical (unpaired) electrons. The summed E-state index contributed by atoms with van der Waals surface area (Å²) in [5, 5.41) is 4.65. The summed E-state index contributed by atoms with van der Waals surface area (Å²) in [4.78, 5) is 4.87. The average molecular weight is 256 g/mol. The molecule has 0 unspecified atom stereocenters. The van der Waals surface area contributed by atoms with Crippen molar-refractivity contribution in [3.05, 3.63) is 35.4 Å². The van der Waals surface area contributed by atoms with Gasteiger partial charge in [0.2, 0.25) is 0 Å². The van der Waals surface area contributed by atoms with Crippen LogP contribution in [0.4, 0.5) is 5.82 Å². The van der Waals surface area contributed by atoms with E-state index >= 15 is 0 Å². The molecule has 0 saturated carbocycles. The molecule has 0 atom stereocenters. The zero-order valence-corrected chi connectivity index (χ0v) is 12.7. The van der Waals surface area contributed by atoms with E-state index in [0.717, 1.165) is 24.3 Å². The van der Waals surface area contributed by atoms with Crippen LogP contribution in [0.5, 0.6) is 0 Å². The molecule has 102 valence electrons. The predicted molar refractivity (Wildman–Crippen MR) is 84.0 cm³/mol. The van der Waals surface area contributed by atoms with E-state index in [1.807, 2.05) is 0 Å². The predicted octanol–water partition coefficient (Wildman–Crippen LogP) is 4.66.